The zero-order chi connectivity index (χ0) is 11.4. The molecule has 1 N–H and O–H groups in total. The quantitative estimate of drug-likeness (QED) is 0.840. The third-order valence-corrected chi connectivity index (χ3v) is 2.61. The lowest BCUT2D eigenvalue weighted by Gasteiger charge is -2.18. The fourth-order valence-electron chi connectivity index (χ4n) is 1.87. The second-order valence-corrected chi connectivity index (χ2v) is 4.02. The standard InChI is InChI=1S/C13H18N2O/c1-3-16-12(11-7-5-4-6-8-11)13-14-9-10(2)15-13/h4-8,10,12H,3,9H2,1-2H3,(H,14,15)/t10-,12-/m0/s1. The Labute approximate surface area is 96.5 Å². The second kappa shape index (κ2) is 5.12. The van der Waals surface area contributed by atoms with Crippen LogP contribution in [0, 0.1) is 0 Å². The van der Waals surface area contributed by atoms with Crippen LogP contribution in [0.25, 0.3) is 0 Å². The van der Waals surface area contributed by atoms with Crippen molar-refractivity contribution in [3.8, 4) is 0 Å². The average Bonchev–Trinajstić information content (AvgIpc) is 2.74. The first-order chi connectivity index (χ1) is 7.81. The molecule has 0 amide bonds. The first-order valence-electron chi connectivity index (χ1n) is 5.78. The number of benzene rings is 1. The van der Waals surface area contributed by atoms with Gasteiger partial charge in [-0.3, -0.25) is 4.99 Å². The summed E-state index contributed by atoms with van der Waals surface area (Å²) in [5, 5.41) is 3.36. The van der Waals surface area contributed by atoms with Gasteiger partial charge in [0.1, 0.15) is 11.9 Å². The van der Waals surface area contributed by atoms with Crippen LogP contribution in [-0.2, 0) is 4.74 Å². The van der Waals surface area contributed by atoms with Gasteiger partial charge in [0.15, 0.2) is 0 Å². The summed E-state index contributed by atoms with van der Waals surface area (Å²) < 4.78 is 5.77. The van der Waals surface area contributed by atoms with Crippen LogP contribution in [0.15, 0.2) is 35.3 Å². The highest BCUT2D eigenvalue weighted by Gasteiger charge is 2.23. The molecule has 0 bridgehead atoms. The highest BCUT2D eigenvalue weighted by Crippen LogP contribution is 2.20. The lowest BCUT2D eigenvalue weighted by atomic mass is 10.1. The Morgan fingerprint density at radius 3 is 2.75 bits per heavy atom. The van der Waals surface area contributed by atoms with E-state index in [4.69, 9.17) is 4.74 Å². The van der Waals surface area contributed by atoms with E-state index < -0.39 is 0 Å². The van der Waals surface area contributed by atoms with Gasteiger partial charge in [0, 0.05) is 12.6 Å². The summed E-state index contributed by atoms with van der Waals surface area (Å²) in [4.78, 5) is 4.49. The Bertz CT molecular complexity index is 361. The van der Waals surface area contributed by atoms with Crippen molar-refractivity contribution in [2.45, 2.75) is 26.0 Å². The van der Waals surface area contributed by atoms with E-state index in [9.17, 15) is 0 Å². The molecule has 0 saturated heterocycles. The number of nitrogens with zero attached hydrogens (tertiary/aromatic N) is 1. The summed E-state index contributed by atoms with van der Waals surface area (Å²) in [6, 6.07) is 10.6. The van der Waals surface area contributed by atoms with Crippen molar-refractivity contribution >= 4 is 5.84 Å². The molecule has 1 aliphatic rings. The van der Waals surface area contributed by atoms with Crippen molar-refractivity contribution in [1.82, 2.24) is 5.32 Å². The van der Waals surface area contributed by atoms with Gasteiger partial charge >= 0.3 is 0 Å². The highest BCUT2D eigenvalue weighted by molar-refractivity contribution is 5.89. The second-order valence-electron chi connectivity index (χ2n) is 4.02. The van der Waals surface area contributed by atoms with E-state index in [-0.39, 0.29) is 6.10 Å². The van der Waals surface area contributed by atoms with E-state index in [2.05, 4.69) is 29.4 Å². The van der Waals surface area contributed by atoms with Gasteiger partial charge in [0.05, 0.1) is 6.54 Å². The SMILES string of the molecule is CCO[C@H](C1=NC[C@H](C)N1)c1ccccc1. The molecule has 0 saturated carbocycles. The van der Waals surface area contributed by atoms with Crippen LogP contribution in [-0.4, -0.2) is 25.0 Å². The van der Waals surface area contributed by atoms with Gasteiger partial charge in [-0.1, -0.05) is 30.3 Å². The fraction of sp³-hybridized carbons (Fsp3) is 0.462. The highest BCUT2D eigenvalue weighted by atomic mass is 16.5. The van der Waals surface area contributed by atoms with Gasteiger partial charge in [0.25, 0.3) is 0 Å². The molecule has 1 heterocycles. The van der Waals surface area contributed by atoms with Crippen LogP contribution in [0.4, 0.5) is 0 Å². The lowest BCUT2D eigenvalue weighted by Crippen LogP contribution is -2.32. The minimum absolute atomic E-state index is 0.0452. The normalized spacial score (nSPS) is 21.4. The Balaban J connectivity index is 2.18. The van der Waals surface area contributed by atoms with Gasteiger partial charge in [-0.25, -0.2) is 0 Å². The predicted octanol–water partition coefficient (Wildman–Crippen LogP) is 2.15. The molecule has 0 radical (unpaired) electrons. The van der Waals surface area contributed by atoms with Crippen molar-refractivity contribution in [2.24, 2.45) is 4.99 Å². The summed E-state index contributed by atoms with van der Waals surface area (Å²) in [6.07, 6.45) is -0.0452. The molecule has 2 atom stereocenters. The molecule has 3 nitrogen and oxygen atoms in total. The Hall–Kier alpha value is -1.35. The maximum Gasteiger partial charge on any atom is 0.139 e. The van der Waals surface area contributed by atoms with Crippen molar-refractivity contribution in [2.75, 3.05) is 13.2 Å². The zero-order valence-corrected chi connectivity index (χ0v) is 9.81. The number of rotatable bonds is 4. The van der Waals surface area contributed by atoms with E-state index >= 15 is 0 Å². The summed E-state index contributed by atoms with van der Waals surface area (Å²) in [6.45, 7) is 5.67. The van der Waals surface area contributed by atoms with E-state index in [1.807, 2.05) is 25.1 Å². The molecule has 0 fully saturated rings. The first-order valence-corrected chi connectivity index (χ1v) is 5.78. The number of hydrogen-bond acceptors (Lipinski definition) is 3. The largest absolute Gasteiger partial charge is 0.367 e. The number of ether oxygens (including phenoxy) is 1. The van der Waals surface area contributed by atoms with Gasteiger partial charge in [-0.05, 0) is 19.4 Å². The Morgan fingerprint density at radius 1 is 1.44 bits per heavy atom. The van der Waals surface area contributed by atoms with Crippen LogP contribution >= 0.6 is 0 Å². The van der Waals surface area contributed by atoms with E-state index in [1.165, 1.54) is 0 Å². The third kappa shape index (κ3) is 2.42. The maximum atomic E-state index is 5.77. The number of hydrogen-bond donors (Lipinski definition) is 1. The molecule has 1 aliphatic heterocycles. The van der Waals surface area contributed by atoms with Crippen LogP contribution in [0.5, 0.6) is 0 Å². The Morgan fingerprint density at radius 2 is 2.19 bits per heavy atom. The van der Waals surface area contributed by atoms with Crippen LogP contribution in [0.3, 0.4) is 0 Å². The fourth-order valence-corrected chi connectivity index (χ4v) is 1.87. The molecule has 0 spiro atoms. The molecule has 1 aromatic rings. The molecule has 2 rings (SSSR count). The Kier molecular flexibility index (Phi) is 3.57. The first kappa shape index (κ1) is 11.1. The molecule has 1 aromatic carbocycles. The molecular formula is C13H18N2O. The van der Waals surface area contributed by atoms with Crippen LogP contribution < -0.4 is 5.32 Å². The minimum Gasteiger partial charge on any atom is -0.367 e. The number of aliphatic imine (C=N–C) groups is 1. The predicted molar refractivity (Wildman–Crippen MR) is 65.7 cm³/mol. The molecule has 86 valence electrons. The van der Waals surface area contributed by atoms with Crippen molar-refractivity contribution in [1.29, 1.82) is 0 Å². The molecular weight excluding hydrogens is 200 g/mol. The topological polar surface area (TPSA) is 33.6 Å². The van der Waals surface area contributed by atoms with Crippen molar-refractivity contribution in [3.05, 3.63) is 35.9 Å². The van der Waals surface area contributed by atoms with Crippen molar-refractivity contribution < 1.29 is 4.74 Å². The summed E-state index contributed by atoms with van der Waals surface area (Å²) >= 11 is 0. The van der Waals surface area contributed by atoms with Gasteiger partial charge in [-0.15, -0.1) is 0 Å². The molecule has 0 unspecified atom stereocenters. The van der Waals surface area contributed by atoms with E-state index in [1.54, 1.807) is 0 Å². The van der Waals surface area contributed by atoms with Gasteiger partial charge < -0.3 is 10.1 Å². The summed E-state index contributed by atoms with van der Waals surface area (Å²) in [5.74, 6) is 0.959. The smallest absolute Gasteiger partial charge is 0.139 e. The third-order valence-electron chi connectivity index (χ3n) is 2.61. The molecule has 3 heteroatoms. The van der Waals surface area contributed by atoms with Gasteiger partial charge in [-0.2, -0.15) is 0 Å². The lowest BCUT2D eigenvalue weighted by molar-refractivity contribution is 0.108. The molecule has 0 aliphatic carbocycles. The monoisotopic (exact) mass is 218 g/mol. The minimum atomic E-state index is -0.0452. The van der Waals surface area contributed by atoms with Crippen LogP contribution in [0.1, 0.15) is 25.5 Å². The number of nitrogens with one attached hydrogen (secondary N) is 1. The van der Waals surface area contributed by atoms with E-state index in [0.717, 1.165) is 17.9 Å². The van der Waals surface area contributed by atoms with Crippen molar-refractivity contribution in [3.63, 3.8) is 0 Å². The summed E-state index contributed by atoms with van der Waals surface area (Å²) in [5.41, 5.74) is 1.16. The number of amidine groups is 1. The van der Waals surface area contributed by atoms with Crippen LogP contribution in [0.2, 0.25) is 0 Å². The molecule has 0 aromatic heterocycles. The average molecular weight is 218 g/mol. The van der Waals surface area contributed by atoms with Gasteiger partial charge in [0.2, 0.25) is 0 Å². The maximum absolute atomic E-state index is 5.77. The summed E-state index contributed by atoms with van der Waals surface area (Å²) in [7, 11) is 0. The zero-order valence-electron chi connectivity index (χ0n) is 9.81. The van der Waals surface area contributed by atoms with E-state index in [0.29, 0.717) is 12.6 Å². The molecule has 16 heavy (non-hydrogen) atoms.